The maximum atomic E-state index is 13.0. The summed E-state index contributed by atoms with van der Waals surface area (Å²) in [6, 6.07) is 7.23. The van der Waals surface area contributed by atoms with Crippen LogP contribution in [0.5, 0.6) is 5.75 Å². The molecule has 0 fully saturated rings. The van der Waals surface area contributed by atoms with E-state index in [1.807, 2.05) is 19.1 Å². The van der Waals surface area contributed by atoms with Crippen LogP contribution in [0.3, 0.4) is 0 Å². The molecule has 0 saturated heterocycles. The van der Waals surface area contributed by atoms with Gasteiger partial charge in [-0.2, -0.15) is 0 Å². The number of aromatic nitrogens is 2. The lowest BCUT2D eigenvalue weighted by Gasteiger charge is -2.30. The number of nitrogens with zero attached hydrogens (tertiary/aromatic N) is 2. The number of carbonyl (C=O) groups excluding carboxylic acids is 1. The van der Waals surface area contributed by atoms with E-state index in [1.165, 1.54) is 18.7 Å². The van der Waals surface area contributed by atoms with Crippen LogP contribution in [0.4, 0.5) is 5.82 Å². The summed E-state index contributed by atoms with van der Waals surface area (Å²) in [5.41, 5.74) is 0.931. The average molecular weight is 385 g/mol. The molecule has 1 N–H and O–H groups in total. The van der Waals surface area contributed by atoms with Crippen molar-refractivity contribution in [3.8, 4) is 5.75 Å². The van der Waals surface area contributed by atoms with Gasteiger partial charge >= 0.3 is 11.7 Å². The fourth-order valence-corrected chi connectivity index (χ4v) is 3.55. The largest absolute Gasteiger partial charge is 0.494 e. The maximum absolute atomic E-state index is 13.0. The third kappa shape index (κ3) is 3.00. The normalized spacial score (nSPS) is 15.7. The van der Waals surface area contributed by atoms with Gasteiger partial charge in [0.1, 0.15) is 11.6 Å². The Hall–Kier alpha value is -3.29. The minimum absolute atomic E-state index is 0.309. The van der Waals surface area contributed by atoms with Crippen molar-refractivity contribution in [2.45, 2.75) is 19.8 Å². The van der Waals surface area contributed by atoms with Gasteiger partial charge in [-0.25, -0.2) is 9.59 Å². The number of esters is 1. The van der Waals surface area contributed by atoms with Gasteiger partial charge in [0.05, 0.1) is 30.8 Å². The highest BCUT2D eigenvalue weighted by Gasteiger charge is 2.37. The van der Waals surface area contributed by atoms with Crippen molar-refractivity contribution >= 4 is 11.8 Å². The second kappa shape index (κ2) is 7.38. The molecule has 1 aromatic carbocycles. The summed E-state index contributed by atoms with van der Waals surface area (Å²) in [5, 5.41) is 3.04. The molecular weight excluding hydrogens is 362 g/mol. The molecule has 3 rings (SSSR count). The predicted molar refractivity (Wildman–Crippen MR) is 105 cm³/mol. The summed E-state index contributed by atoms with van der Waals surface area (Å²) in [4.78, 5) is 38.0. The number of anilines is 1. The highest BCUT2D eigenvalue weighted by Crippen LogP contribution is 2.40. The minimum Gasteiger partial charge on any atom is -0.494 e. The topological polar surface area (TPSA) is 91.6 Å². The number of ether oxygens (including phenoxy) is 2. The number of rotatable bonds is 4. The summed E-state index contributed by atoms with van der Waals surface area (Å²) >= 11 is 0. The van der Waals surface area contributed by atoms with Crippen LogP contribution in [-0.2, 0) is 23.6 Å². The van der Waals surface area contributed by atoms with Crippen LogP contribution in [-0.4, -0.2) is 28.8 Å². The lowest BCUT2D eigenvalue weighted by molar-refractivity contribution is -0.136. The Bertz CT molecular complexity index is 1090. The van der Waals surface area contributed by atoms with Crippen LogP contribution < -0.4 is 21.3 Å². The predicted octanol–water partition coefficient (Wildman–Crippen LogP) is 1.49. The summed E-state index contributed by atoms with van der Waals surface area (Å²) in [6.45, 7) is 4.08. The molecule has 8 heteroatoms. The zero-order valence-corrected chi connectivity index (χ0v) is 16.5. The third-order valence-electron chi connectivity index (χ3n) is 4.89. The van der Waals surface area contributed by atoms with Crippen LogP contribution in [0.25, 0.3) is 0 Å². The molecule has 0 aliphatic carbocycles. The lowest BCUT2D eigenvalue weighted by Crippen LogP contribution is -2.43. The zero-order valence-electron chi connectivity index (χ0n) is 16.5. The Morgan fingerprint density at radius 3 is 2.57 bits per heavy atom. The van der Waals surface area contributed by atoms with Gasteiger partial charge < -0.3 is 14.8 Å². The molecule has 0 radical (unpaired) electrons. The number of methoxy groups -OCH3 is 1. The summed E-state index contributed by atoms with van der Waals surface area (Å²) in [5.74, 6) is -0.248. The van der Waals surface area contributed by atoms with Crippen molar-refractivity contribution in [2.75, 3.05) is 19.0 Å². The average Bonchev–Trinajstić information content (AvgIpc) is 2.69. The molecule has 0 spiro atoms. The van der Waals surface area contributed by atoms with Crippen molar-refractivity contribution in [3.05, 3.63) is 67.5 Å². The molecule has 1 aliphatic heterocycles. The lowest BCUT2D eigenvalue weighted by atomic mass is 9.82. The number of carbonyl (C=O) groups is 1. The van der Waals surface area contributed by atoms with E-state index >= 15 is 0 Å². The van der Waals surface area contributed by atoms with E-state index in [-0.39, 0.29) is 0 Å². The molecule has 1 atom stereocenters. The number of hydrogen-bond acceptors (Lipinski definition) is 6. The standard InChI is InChI=1S/C20H23N3O5/c1-6-28-13-9-7-8-12(10-13)15-14(19(25)27-5)11(2)21-17-16(15)18(24)23(4)20(26)22(17)3/h7-10,15,21H,6H2,1-5H3/t15-/m0/s1. The molecule has 2 aromatic rings. The fraction of sp³-hybridized carbons (Fsp3) is 0.350. The van der Waals surface area contributed by atoms with Crippen molar-refractivity contribution in [3.63, 3.8) is 0 Å². The Morgan fingerprint density at radius 2 is 1.93 bits per heavy atom. The number of fused-ring (bicyclic) bond motifs is 1. The number of hydrogen-bond donors (Lipinski definition) is 1. The molecular formula is C20H23N3O5. The molecule has 28 heavy (non-hydrogen) atoms. The number of nitrogens with one attached hydrogen (secondary N) is 1. The molecule has 0 amide bonds. The maximum Gasteiger partial charge on any atom is 0.336 e. The van der Waals surface area contributed by atoms with Gasteiger partial charge in [-0.15, -0.1) is 0 Å². The monoisotopic (exact) mass is 385 g/mol. The number of benzene rings is 1. The summed E-state index contributed by atoms with van der Waals surface area (Å²) in [6.07, 6.45) is 0. The van der Waals surface area contributed by atoms with Crippen LogP contribution in [0.1, 0.15) is 30.9 Å². The minimum atomic E-state index is -0.699. The zero-order chi connectivity index (χ0) is 20.6. The van der Waals surface area contributed by atoms with Crippen molar-refractivity contribution in [2.24, 2.45) is 14.1 Å². The Labute approximate surface area is 162 Å². The quantitative estimate of drug-likeness (QED) is 0.802. The van der Waals surface area contributed by atoms with Crippen molar-refractivity contribution in [1.82, 2.24) is 9.13 Å². The first kappa shape index (κ1) is 19.5. The van der Waals surface area contributed by atoms with E-state index in [9.17, 15) is 14.4 Å². The highest BCUT2D eigenvalue weighted by molar-refractivity contribution is 5.94. The fourth-order valence-electron chi connectivity index (χ4n) is 3.55. The van der Waals surface area contributed by atoms with Crippen LogP contribution in [0, 0.1) is 0 Å². The van der Waals surface area contributed by atoms with Crippen LogP contribution >= 0.6 is 0 Å². The van der Waals surface area contributed by atoms with Gasteiger partial charge in [-0.1, -0.05) is 12.1 Å². The van der Waals surface area contributed by atoms with Crippen LogP contribution in [0.2, 0.25) is 0 Å². The van der Waals surface area contributed by atoms with Gasteiger partial charge in [0, 0.05) is 19.8 Å². The molecule has 2 heterocycles. The van der Waals surface area contributed by atoms with E-state index < -0.39 is 23.1 Å². The molecule has 1 aliphatic rings. The molecule has 0 unspecified atom stereocenters. The summed E-state index contributed by atoms with van der Waals surface area (Å²) < 4.78 is 13.0. The highest BCUT2D eigenvalue weighted by atomic mass is 16.5. The Kier molecular flexibility index (Phi) is 5.13. The molecule has 148 valence electrons. The Morgan fingerprint density at radius 1 is 1.21 bits per heavy atom. The van der Waals surface area contributed by atoms with Crippen molar-refractivity contribution in [1.29, 1.82) is 0 Å². The summed E-state index contributed by atoms with van der Waals surface area (Å²) in [7, 11) is 4.30. The third-order valence-corrected chi connectivity index (χ3v) is 4.89. The van der Waals surface area contributed by atoms with Gasteiger partial charge in [-0.05, 0) is 31.5 Å². The van der Waals surface area contributed by atoms with E-state index in [2.05, 4.69) is 5.32 Å². The van der Waals surface area contributed by atoms with Crippen LogP contribution in [0.15, 0.2) is 45.1 Å². The first-order chi connectivity index (χ1) is 13.3. The molecule has 8 nitrogen and oxygen atoms in total. The van der Waals surface area contributed by atoms with Gasteiger partial charge in [0.15, 0.2) is 0 Å². The van der Waals surface area contributed by atoms with E-state index in [1.54, 1.807) is 26.1 Å². The number of allylic oxidation sites excluding steroid dienone is 1. The SMILES string of the molecule is CCOc1cccc([C@H]2C(C(=O)OC)=C(C)Nc3c2c(=O)n(C)c(=O)n3C)c1. The van der Waals surface area contributed by atoms with Crippen molar-refractivity contribution < 1.29 is 14.3 Å². The second-order valence-corrected chi connectivity index (χ2v) is 6.56. The van der Waals surface area contributed by atoms with Gasteiger partial charge in [-0.3, -0.25) is 13.9 Å². The molecule has 0 saturated carbocycles. The first-order valence-corrected chi connectivity index (χ1v) is 8.90. The second-order valence-electron chi connectivity index (χ2n) is 6.56. The first-order valence-electron chi connectivity index (χ1n) is 8.90. The molecule has 1 aromatic heterocycles. The van der Waals surface area contributed by atoms with E-state index in [4.69, 9.17) is 9.47 Å². The van der Waals surface area contributed by atoms with Gasteiger partial charge in [0.2, 0.25) is 0 Å². The smallest absolute Gasteiger partial charge is 0.336 e. The molecule has 0 bridgehead atoms. The Balaban J connectivity index is 2.37. The van der Waals surface area contributed by atoms with E-state index in [0.717, 1.165) is 4.57 Å². The van der Waals surface area contributed by atoms with Gasteiger partial charge in [0.25, 0.3) is 5.56 Å². The van der Waals surface area contributed by atoms with E-state index in [0.29, 0.717) is 40.6 Å².